The molecule has 0 N–H and O–H groups in total. The van der Waals surface area contributed by atoms with Crippen molar-refractivity contribution in [3.63, 3.8) is 0 Å². The monoisotopic (exact) mass is 87.0 g/mol. The van der Waals surface area contributed by atoms with Gasteiger partial charge in [0.25, 0.3) is 0 Å². The van der Waals surface area contributed by atoms with Crippen molar-refractivity contribution in [1.82, 2.24) is 0 Å². The van der Waals surface area contributed by atoms with Gasteiger partial charge in [0.15, 0.2) is 5.34 Å². The fourth-order valence-electron chi connectivity index (χ4n) is 0. The summed E-state index contributed by atoms with van der Waals surface area (Å²) in [7, 11) is 1.68. The summed E-state index contributed by atoms with van der Waals surface area (Å²) in [5.74, 6) is 0. The summed E-state index contributed by atoms with van der Waals surface area (Å²) in [6, 6.07) is 0. The molecule has 0 fully saturated rings. The van der Waals surface area contributed by atoms with Gasteiger partial charge in [-0.2, -0.15) is 0 Å². The van der Waals surface area contributed by atoms with Gasteiger partial charge in [-0.05, 0) is 0 Å². The number of hydrogen-bond acceptors (Lipinski definition) is 3. The van der Waals surface area contributed by atoms with Crippen LogP contribution in [-0.2, 0) is 4.62 Å². The Kier molecular flexibility index (Phi) is 16.0. The third-order valence-electron chi connectivity index (χ3n) is 0.0430. The standard InChI is InChI=1S/Li.H2NO2P.H/c;2-1-3-4;/h;4H2;/q+1;;-1. The predicted molar refractivity (Wildman–Crippen MR) is 17.7 cm³/mol. The maximum Gasteiger partial charge on any atom is 1.00 e. The Morgan fingerprint density at radius 2 is 2.20 bits per heavy atom. The van der Waals surface area contributed by atoms with Crippen LogP contribution in [-0.4, -0.2) is 0 Å². The SMILES string of the molecule is O=NOP.[H-].[Li+]. The van der Waals surface area contributed by atoms with Gasteiger partial charge in [0.05, 0.1) is 9.47 Å². The smallest absolute Gasteiger partial charge is 1.00 e. The zero-order chi connectivity index (χ0) is 3.41. The first-order chi connectivity index (χ1) is 1.91. The maximum atomic E-state index is 8.68. The summed E-state index contributed by atoms with van der Waals surface area (Å²) in [6.07, 6.45) is 0. The van der Waals surface area contributed by atoms with E-state index in [0.717, 1.165) is 0 Å². The van der Waals surface area contributed by atoms with E-state index in [2.05, 4.69) is 4.62 Å². The molecule has 0 rings (SSSR count). The van der Waals surface area contributed by atoms with E-state index in [4.69, 9.17) is 4.91 Å². The minimum atomic E-state index is 0. The average molecular weight is 86.9 g/mol. The van der Waals surface area contributed by atoms with Crippen molar-refractivity contribution in [2.24, 2.45) is 5.34 Å². The molecule has 0 heterocycles. The van der Waals surface area contributed by atoms with Crippen LogP contribution in [0.3, 0.4) is 0 Å². The van der Waals surface area contributed by atoms with Gasteiger partial charge in [-0.15, -0.1) is 4.91 Å². The van der Waals surface area contributed by atoms with Gasteiger partial charge in [-0.3, -0.25) is 0 Å². The van der Waals surface area contributed by atoms with Crippen LogP contribution >= 0.6 is 9.47 Å². The molecule has 5 heavy (non-hydrogen) atoms. The first kappa shape index (κ1) is 9.06. The van der Waals surface area contributed by atoms with Crippen molar-refractivity contribution in [1.29, 1.82) is 0 Å². The Morgan fingerprint density at radius 3 is 2.20 bits per heavy atom. The molecule has 0 bridgehead atoms. The summed E-state index contributed by atoms with van der Waals surface area (Å²) < 4.78 is 3.53. The Hall–Kier alpha value is 0.427. The molecule has 0 aromatic rings. The molecule has 0 radical (unpaired) electrons. The largest absolute Gasteiger partial charge is 1.00 e. The number of hydrogen-bond donors (Lipinski definition) is 0. The van der Waals surface area contributed by atoms with E-state index >= 15 is 0 Å². The van der Waals surface area contributed by atoms with Crippen molar-refractivity contribution in [2.75, 3.05) is 0 Å². The van der Waals surface area contributed by atoms with Crippen molar-refractivity contribution in [2.45, 2.75) is 0 Å². The topological polar surface area (TPSA) is 38.7 Å². The molecular weight excluding hydrogens is 83.9 g/mol. The zero-order valence-electron chi connectivity index (χ0n) is 3.84. The summed E-state index contributed by atoms with van der Waals surface area (Å²) >= 11 is 0. The Morgan fingerprint density at radius 1 is 2.00 bits per heavy atom. The van der Waals surface area contributed by atoms with Crippen LogP contribution in [0.5, 0.6) is 0 Å². The van der Waals surface area contributed by atoms with Gasteiger partial charge >= 0.3 is 18.9 Å². The Bertz CT molecular complexity index is 27.5. The molecule has 5 heteroatoms. The molecular formula is H3LiNO2P. The molecule has 0 amide bonds. The van der Waals surface area contributed by atoms with Crippen LogP contribution in [0, 0.1) is 4.91 Å². The zero-order valence-corrected chi connectivity index (χ0v) is 4.00. The van der Waals surface area contributed by atoms with Crippen LogP contribution in [0.15, 0.2) is 5.34 Å². The predicted octanol–water partition coefficient (Wildman–Crippen LogP) is -2.41. The Balaban J connectivity index is -0.0000000450. The molecule has 0 saturated carbocycles. The summed E-state index contributed by atoms with van der Waals surface area (Å²) in [5, 5.41) is 1.95. The second kappa shape index (κ2) is 8.83. The van der Waals surface area contributed by atoms with Gasteiger partial charge in [-0.1, -0.05) is 0 Å². The second-order valence-electron chi connectivity index (χ2n) is 0.180. The molecule has 0 aliphatic carbocycles. The molecule has 3 nitrogen and oxygen atoms in total. The summed E-state index contributed by atoms with van der Waals surface area (Å²) in [4.78, 5) is 8.68. The van der Waals surface area contributed by atoms with Crippen LogP contribution in [0.25, 0.3) is 0 Å². The molecule has 0 aromatic heterocycles. The maximum absolute atomic E-state index is 8.68. The fraction of sp³-hybridized carbons (Fsp3) is 0. The van der Waals surface area contributed by atoms with E-state index in [1.165, 1.54) is 0 Å². The van der Waals surface area contributed by atoms with Crippen molar-refractivity contribution >= 4 is 9.47 Å². The molecule has 0 saturated heterocycles. The van der Waals surface area contributed by atoms with Gasteiger partial charge in [-0.25, -0.2) is 0 Å². The third kappa shape index (κ3) is 12.8. The average Bonchev–Trinajstić information content (AvgIpc) is 1.37. The van der Waals surface area contributed by atoms with Gasteiger partial charge < -0.3 is 6.05 Å². The first-order valence-corrected chi connectivity index (χ1v) is 1.07. The normalized spacial score (nSPS) is 4.20. The van der Waals surface area contributed by atoms with Gasteiger partial charge in [0, 0.05) is 0 Å². The van der Waals surface area contributed by atoms with Crippen LogP contribution in [0.4, 0.5) is 0 Å². The van der Waals surface area contributed by atoms with Gasteiger partial charge in [0.1, 0.15) is 0 Å². The number of rotatable bonds is 1. The second-order valence-corrected chi connectivity index (χ2v) is 0.391. The summed E-state index contributed by atoms with van der Waals surface area (Å²) in [5.41, 5.74) is 0. The van der Waals surface area contributed by atoms with E-state index < -0.39 is 0 Å². The van der Waals surface area contributed by atoms with Crippen LogP contribution < -0.4 is 18.9 Å². The number of nitrogens with zero attached hydrogens (tertiary/aromatic N) is 1. The first-order valence-electron chi connectivity index (χ1n) is 0.601. The van der Waals surface area contributed by atoms with Crippen LogP contribution in [0.2, 0.25) is 0 Å². The van der Waals surface area contributed by atoms with E-state index in [9.17, 15) is 0 Å². The molecule has 0 spiro atoms. The van der Waals surface area contributed by atoms with E-state index in [1.807, 2.05) is 5.34 Å². The van der Waals surface area contributed by atoms with Crippen LogP contribution in [0.1, 0.15) is 1.43 Å². The summed E-state index contributed by atoms with van der Waals surface area (Å²) in [6.45, 7) is 0. The molecule has 1 atom stereocenters. The Labute approximate surface area is 45.3 Å². The van der Waals surface area contributed by atoms with Crippen molar-refractivity contribution < 1.29 is 24.9 Å². The quantitative estimate of drug-likeness (QED) is 0.155. The van der Waals surface area contributed by atoms with Crippen molar-refractivity contribution in [3.8, 4) is 0 Å². The van der Waals surface area contributed by atoms with E-state index in [1.54, 1.807) is 9.47 Å². The minimum absolute atomic E-state index is 0. The van der Waals surface area contributed by atoms with E-state index in [0.29, 0.717) is 0 Å². The van der Waals surface area contributed by atoms with Gasteiger partial charge in [0.2, 0.25) is 0 Å². The molecule has 1 unspecified atom stereocenters. The molecule has 0 aromatic carbocycles. The molecule has 26 valence electrons. The minimum Gasteiger partial charge on any atom is -1.00 e. The van der Waals surface area contributed by atoms with Crippen molar-refractivity contribution in [3.05, 3.63) is 4.91 Å². The molecule has 0 aliphatic rings. The van der Waals surface area contributed by atoms with E-state index in [-0.39, 0.29) is 20.3 Å². The molecule has 0 aliphatic heterocycles. The fourth-order valence-corrected chi connectivity index (χ4v) is 0. The third-order valence-corrected chi connectivity index (χ3v) is 0.129.